The summed E-state index contributed by atoms with van der Waals surface area (Å²) >= 11 is 1.44. The highest BCUT2D eigenvalue weighted by Gasteiger charge is 2.29. The minimum absolute atomic E-state index is 0. The molecule has 0 saturated heterocycles. The van der Waals surface area contributed by atoms with Gasteiger partial charge in [0.2, 0.25) is 0 Å². The fraction of sp³-hybridized carbons (Fsp3) is 0.412. The maximum atomic E-state index is 12.3. The van der Waals surface area contributed by atoms with E-state index in [1.807, 2.05) is 6.07 Å². The van der Waals surface area contributed by atoms with Crippen molar-refractivity contribution in [2.75, 3.05) is 0 Å². The van der Waals surface area contributed by atoms with Crippen molar-refractivity contribution in [1.29, 1.82) is 0 Å². The Balaban J connectivity index is 0.00000192. The van der Waals surface area contributed by atoms with E-state index in [9.17, 15) is 4.79 Å². The van der Waals surface area contributed by atoms with Crippen LogP contribution in [-0.2, 0) is 13.0 Å². The van der Waals surface area contributed by atoms with Crippen molar-refractivity contribution in [3.63, 3.8) is 0 Å². The predicted octanol–water partition coefficient (Wildman–Crippen LogP) is 3.16. The Bertz CT molecular complexity index is 632. The lowest BCUT2D eigenvalue weighted by Crippen LogP contribution is -2.38. The SMILES string of the molecule is Cl.NCc1nc(C(=O)NC2CCCC2Cc2ccccc2)cs1. The molecule has 2 aromatic rings. The van der Waals surface area contributed by atoms with Gasteiger partial charge in [-0.1, -0.05) is 36.8 Å². The number of hydrogen-bond donors (Lipinski definition) is 2. The first-order valence-corrected chi connectivity index (χ1v) is 8.63. The van der Waals surface area contributed by atoms with Crippen molar-refractivity contribution in [1.82, 2.24) is 10.3 Å². The third-order valence-electron chi connectivity index (χ3n) is 4.28. The van der Waals surface area contributed by atoms with E-state index in [-0.39, 0.29) is 24.4 Å². The van der Waals surface area contributed by atoms with E-state index < -0.39 is 0 Å². The van der Waals surface area contributed by atoms with Crippen LogP contribution in [0.4, 0.5) is 0 Å². The van der Waals surface area contributed by atoms with Crippen LogP contribution in [0.25, 0.3) is 0 Å². The molecule has 124 valence electrons. The number of carbonyl (C=O) groups excluding carboxylic acids is 1. The van der Waals surface area contributed by atoms with Gasteiger partial charge in [0.15, 0.2) is 0 Å². The second-order valence-corrected chi connectivity index (χ2v) is 6.73. The van der Waals surface area contributed by atoms with Crippen LogP contribution in [0.1, 0.15) is 40.3 Å². The number of benzene rings is 1. The first-order chi connectivity index (χ1) is 10.8. The average molecular weight is 352 g/mol. The van der Waals surface area contributed by atoms with Crippen LogP contribution in [0.5, 0.6) is 0 Å². The highest BCUT2D eigenvalue weighted by atomic mass is 35.5. The van der Waals surface area contributed by atoms with Crippen LogP contribution < -0.4 is 11.1 Å². The van der Waals surface area contributed by atoms with E-state index in [1.54, 1.807) is 5.38 Å². The molecule has 3 rings (SSSR count). The minimum atomic E-state index is -0.0686. The van der Waals surface area contributed by atoms with E-state index in [2.05, 4.69) is 34.6 Å². The number of halogens is 1. The Morgan fingerprint density at radius 1 is 1.30 bits per heavy atom. The molecule has 1 aromatic carbocycles. The van der Waals surface area contributed by atoms with Gasteiger partial charge < -0.3 is 11.1 Å². The third kappa shape index (κ3) is 4.53. The Morgan fingerprint density at radius 2 is 2.09 bits per heavy atom. The van der Waals surface area contributed by atoms with Crippen LogP contribution in [0.3, 0.4) is 0 Å². The molecule has 1 aliphatic carbocycles. The molecular weight excluding hydrogens is 330 g/mol. The van der Waals surface area contributed by atoms with Gasteiger partial charge in [-0.25, -0.2) is 4.98 Å². The lowest BCUT2D eigenvalue weighted by Gasteiger charge is -2.20. The summed E-state index contributed by atoms with van der Waals surface area (Å²) in [6.07, 6.45) is 4.42. The summed E-state index contributed by atoms with van der Waals surface area (Å²) in [5.74, 6) is 0.444. The van der Waals surface area contributed by atoms with Gasteiger partial charge in [0.05, 0.1) is 0 Å². The van der Waals surface area contributed by atoms with Crippen LogP contribution in [0, 0.1) is 5.92 Å². The second-order valence-electron chi connectivity index (χ2n) is 5.79. The molecule has 2 unspecified atom stereocenters. The van der Waals surface area contributed by atoms with Crippen molar-refractivity contribution in [3.05, 3.63) is 52.0 Å². The molecule has 0 aliphatic heterocycles. The number of nitrogens with two attached hydrogens (primary N) is 1. The molecule has 3 N–H and O–H groups in total. The zero-order valence-electron chi connectivity index (χ0n) is 12.9. The summed E-state index contributed by atoms with van der Waals surface area (Å²) in [6, 6.07) is 10.7. The average Bonchev–Trinajstić information content (AvgIpc) is 3.18. The maximum absolute atomic E-state index is 12.3. The summed E-state index contributed by atoms with van der Waals surface area (Å²) in [5.41, 5.74) is 7.39. The fourth-order valence-electron chi connectivity index (χ4n) is 3.14. The van der Waals surface area contributed by atoms with E-state index >= 15 is 0 Å². The number of nitrogens with zero attached hydrogens (tertiary/aromatic N) is 1. The van der Waals surface area contributed by atoms with E-state index in [0.717, 1.165) is 17.8 Å². The highest BCUT2D eigenvalue weighted by Crippen LogP contribution is 2.29. The molecule has 1 aliphatic rings. The van der Waals surface area contributed by atoms with E-state index in [1.165, 1.54) is 29.7 Å². The van der Waals surface area contributed by atoms with Crippen molar-refractivity contribution < 1.29 is 4.79 Å². The second kappa shape index (κ2) is 8.43. The number of rotatable bonds is 5. The first kappa shape index (κ1) is 17.9. The van der Waals surface area contributed by atoms with Crippen LogP contribution >= 0.6 is 23.7 Å². The van der Waals surface area contributed by atoms with Crippen molar-refractivity contribution in [3.8, 4) is 0 Å². The molecule has 1 aromatic heterocycles. The Kier molecular flexibility index (Phi) is 6.57. The highest BCUT2D eigenvalue weighted by molar-refractivity contribution is 7.09. The van der Waals surface area contributed by atoms with Crippen LogP contribution in [-0.4, -0.2) is 16.9 Å². The van der Waals surface area contributed by atoms with Gasteiger partial charge in [0.1, 0.15) is 10.7 Å². The normalized spacial score (nSPS) is 20.0. The summed E-state index contributed by atoms with van der Waals surface area (Å²) in [4.78, 5) is 16.6. The zero-order chi connectivity index (χ0) is 15.4. The molecule has 1 amide bonds. The molecule has 0 bridgehead atoms. The molecule has 1 fully saturated rings. The lowest BCUT2D eigenvalue weighted by molar-refractivity contribution is 0.0923. The zero-order valence-corrected chi connectivity index (χ0v) is 14.5. The molecule has 1 heterocycles. The van der Waals surface area contributed by atoms with E-state index in [0.29, 0.717) is 18.2 Å². The first-order valence-electron chi connectivity index (χ1n) is 7.75. The number of amides is 1. The third-order valence-corrected chi connectivity index (χ3v) is 5.15. The topological polar surface area (TPSA) is 68.0 Å². The van der Waals surface area contributed by atoms with Crippen molar-refractivity contribution in [2.45, 2.75) is 38.3 Å². The lowest BCUT2D eigenvalue weighted by atomic mass is 9.94. The molecule has 1 saturated carbocycles. The number of hydrogen-bond acceptors (Lipinski definition) is 4. The number of nitrogens with one attached hydrogen (secondary N) is 1. The number of aromatic nitrogens is 1. The minimum Gasteiger partial charge on any atom is -0.348 e. The largest absolute Gasteiger partial charge is 0.348 e. The molecular formula is C17H22ClN3OS. The van der Waals surface area contributed by atoms with E-state index in [4.69, 9.17) is 5.73 Å². The predicted molar refractivity (Wildman–Crippen MR) is 96.0 cm³/mol. The Labute approximate surface area is 146 Å². The van der Waals surface area contributed by atoms with Crippen LogP contribution in [0.15, 0.2) is 35.7 Å². The molecule has 4 nitrogen and oxygen atoms in total. The smallest absolute Gasteiger partial charge is 0.270 e. The summed E-state index contributed by atoms with van der Waals surface area (Å²) in [6.45, 7) is 0.387. The summed E-state index contributed by atoms with van der Waals surface area (Å²) < 4.78 is 0. The van der Waals surface area contributed by atoms with Gasteiger partial charge in [0, 0.05) is 18.0 Å². The summed E-state index contributed by atoms with van der Waals surface area (Å²) in [5, 5.41) is 5.76. The van der Waals surface area contributed by atoms with Crippen molar-refractivity contribution >= 4 is 29.7 Å². The molecule has 6 heteroatoms. The van der Waals surface area contributed by atoms with Gasteiger partial charge in [-0.15, -0.1) is 23.7 Å². The van der Waals surface area contributed by atoms with Crippen LogP contribution in [0.2, 0.25) is 0 Å². The molecule has 2 atom stereocenters. The Hall–Kier alpha value is -1.43. The van der Waals surface area contributed by atoms with Gasteiger partial charge >= 0.3 is 0 Å². The number of carbonyl (C=O) groups is 1. The molecule has 0 radical (unpaired) electrons. The molecule has 23 heavy (non-hydrogen) atoms. The monoisotopic (exact) mass is 351 g/mol. The van der Waals surface area contributed by atoms with Gasteiger partial charge in [-0.3, -0.25) is 4.79 Å². The van der Waals surface area contributed by atoms with Gasteiger partial charge in [-0.05, 0) is 30.7 Å². The maximum Gasteiger partial charge on any atom is 0.270 e. The fourth-order valence-corrected chi connectivity index (χ4v) is 3.79. The molecule has 0 spiro atoms. The van der Waals surface area contributed by atoms with Gasteiger partial charge in [0.25, 0.3) is 5.91 Å². The Morgan fingerprint density at radius 3 is 2.78 bits per heavy atom. The standard InChI is InChI=1S/C17H21N3OS.ClH/c18-10-16-19-15(11-22-16)17(21)20-14-8-4-7-13(14)9-12-5-2-1-3-6-12;/h1-3,5-6,11,13-14H,4,7-10,18H2,(H,20,21);1H. The van der Waals surface area contributed by atoms with Crippen molar-refractivity contribution in [2.24, 2.45) is 11.7 Å². The number of thiazole rings is 1. The summed E-state index contributed by atoms with van der Waals surface area (Å²) in [7, 11) is 0. The van der Waals surface area contributed by atoms with Gasteiger partial charge in [-0.2, -0.15) is 0 Å². The quantitative estimate of drug-likeness (QED) is 0.869.